The van der Waals surface area contributed by atoms with Crippen molar-refractivity contribution in [2.75, 3.05) is 6.54 Å². The van der Waals surface area contributed by atoms with Crippen LogP contribution in [0.5, 0.6) is 0 Å². The monoisotopic (exact) mass is 281 g/mol. The summed E-state index contributed by atoms with van der Waals surface area (Å²) in [5.41, 5.74) is -0.893. The smallest absolute Gasteiger partial charge is 0.315 e. The molecule has 1 saturated carbocycles. The Hall–Kier alpha value is -0.480. The molecule has 0 radical (unpaired) electrons. The van der Waals surface area contributed by atoms with E-state index in [4.69, 9.17) is 27.9 Å². The second kappa shape index (κ2) is 5.02. The van der Waals surface area contributed by atoms with Crippen LogP contribution in [0.15, 0.2) is 0 Å². The van der Waals surface area contributed by atoms with Gasteiger partial charge in [-0.15, -0.1) is 23.2 Å². The summed E-state index contributed by atoms with van der Waals surface area (Å²) < 4.78 is 3.99. The van der Waals surface area contributed by atoms with Crippen molar-refractivity contribution in [2.45, 2.75) is 44.1 Å². The molecule has 0 heterocycles. The molecule has 0 bridgehead atoms. The van der Waals surface area contributed by atoms with Gasteiger partial charge in [0.2, 0.25) is 0 Å². The van der Waals surface area contributed by atoms with Crippen LogP contribution < -0.4 is 5.32 Å². The maximum absolute atomic E-state index is 11.8. The molecule has 98 valence electrons. The summed E-state index contributed by atoms with van der Waals surface area (Å²) in [7, 11) is 0. The Kier molecular flexibility index (Phi) is 4.31. The minimum Gasteiger partial charge on any atom is -0.452 e. The van der Waals surface area contributed by atoms with Gasteiger partial charge in [0.1, 0.15) is 9.75 Å². The number of ether oxygens (including phenoxy) is 1. The van der Waals surface area contributed by atoms with Crippen LogP contribution in [0.1, 0.15) is 33.6 Å². The molecule has 2 atom stereocenters. The van der Waals surface area contributed by atoms with Crippen LogP contribution in [-0.2, 0) is 14.3 Å². The van der Waals surface area contributed by atoms with E-state index in [1.54, 1.807) is 6.92 Å². The number of hydrogen-bond acceptors (Lipinski definition) is 3. The van der Waals surface area contributed by atoms with Gasteiger partial charge in [0.25, 0.3) is 5.91 Å². The fourth-order valence-corrected chi connectivity index (χ4v) is 2.05. The summed E-state index contributed by atoms with van der Waals surface area (Å²) in [5, 5.41) is 2.65. The molecule has 1 rings (SSSR count). The standard InChI is InChI=1S/C11H17Cl2NO3/c1-4-5-14-8(15)7(2)17-9(16)10(3)6-11(10,12)13/h7H,4-6H2,1-3H3,(H,14,15). The zero-order valence-electron chi connectivity index (χ0n) is 10.2. The van der Waals surface area contributed by atoms with Crippen LogP contribution >= 0.6 is 23.2 Å². The Bertz CT molecular complexity index is 333. The third kappa shape index (κ3) is 3.05. The number of carbonyl (C=O) groups is 2. The summed E-state index contributed by atoms with van der Waals surface area (Å²) in [6, 6.07) is 0. The van der Waals surface area contributed by atoms with E-state index in [9.17, 15) is 9.59 Å². The lowest BCUT2D eigenvalue weighted by atomic mass is 10.1. The molecule has 1 N–H and O–H groups in total. The van der Waals surface area contributed by atoms with Gasteiger partial charge in [0.15, 0.2) is 6.10 Å². The van der Waals surface area contributed by atoms with Crippen molar-refractivity contribution in [2.24, 2.45) is 5.41 Å². The third-order valence-electron chi connectivity index (χ3n) is 2.91. The number of hydrogen-bond donors (Lipinski definition) is 1. The molecular formula is C11H17Cl2NO3. The molecular weight excluding hydrogens is 265 g/mol. The van der Waals surface area contributed by atoms with Crippen molar-refractivity contribution in [1.82, 2.24) is 5.32 Å². The van der Waals surface area contributed by atoms with E-state index in [1.807, 2.05) is 6.92 Å². The minimum atomic E-state index is -1.07. The van der Waals surface area contributed by atoms with E-state index >= 15 is 0 Å². The lowest BCUT2D eigenvalue weighted by Crippen LogP contribution is -2.38. The molecule has 1 fully saturated rings. The van der Waals surface area contributed by atoms with Gasteiger partial charge in [-0.25, -0.2) is 0 Å². The van der Waals surface area contributed by atoms with Crippen molar-refractivity contribution in [3.63, 3.8) is 0 Å². The fraction of sp³-hybridized carbons (Fsp3) is 0.818. The van der Waals surface area contributed by atoms with Crippen LogP contribution in [-0.4, -0.2) is 28.9 Å². The molecule has 0 aromatic heterocycles. The van der Waals surface area contributed by atoms with Crippen molar-refractivity contribution >= 4 is 35.1 Å². The molecule has 0 aromatic carbocycles. The van der Waals surface area contributed by atoms with Crippen LogP contribution in [0.2, 0.25) is 0 Å². The summed E-state index contributed by atoms with van der Waals surface area (Å²) >= 11 is 11.7. The van der Waals surface area contributed by atoms with Crippen LogP contribution in [0.4, 0.5) is 0 Å². The predicted molar refractivity (Wildman–Crippen MR) is 66.0 cm³/mol. The molecule has 1 aliphatic carbocycles. The highest BCUT2D eigenvalue weighted by atomic mass is 35.5. The maximum atomic E-state index is 11.8. The first-order chi connectivity index (χ1) is 7.74. The summed E-state index contributed by atoms with van der Waals surface area (Å²) in [4.78, 5) is 23.3. The number of amides is 1. The van der Waals surface area contributed by atoms with Crippen LogP contribution in [0, 0.1) is 5.41 Å². The number of carbonyl (C=O) groups excluding carboxylic acids is 2. The maximum Gasteiger partial charge on any atom is 0.315 e. The van der Waals surface area contributed by atoms with Gasteiger partial charge in [-0.2, -0.15) is 0 Å². The average Bonchev–Trinajstić information content (AvgIpc) is 2.76. The Balaban J connectivity index is 2.45. The van der Waals surface area contributed by atoms with Gasteiger partial charge in [0.05, 0.1) is 0 Å². The Morgan fingerprint density at radius 1 is 1.47 bits per heavy atom. The van der Waals surface area contributed by atoms with Crippen molar-refractivity contribution in [3.05, 3.63) is 0 Å². The number of nitrogens with one attached hydrogen (secondary N) is 1. The Labute approximate surface area is 111 Å². The molecule has 2 unspecified atom stereocenters. The Morgan fingerprint density at radius 3 is 2.41 bits per heavy atom. The fourth-order valence-electron chi connectivity index (χ4n) is 1.36. The summed E-state index contributed by atoms with van der Waals surface area (Å²) in [5.74, 6) is -0.833. The van der Waals surface area contributed by atoms with E-state index in [-0.39, 0.29) is 5.91 Å². The van der Waals surface area contributed by atoms with E-state index in [0.29, 0.717) is 13.0 Å². The number of esters is 1. The topological polar surface area (TPSA) is 55.4 Å². The normalized spacial score (nSPS) is 27.1. The van der Waals surface area contributed by atoms with Gasteiger partial charge >= 0.3 is 5.97 Å². The highest BCUT2D eigenvalue weighted by molar-refractivity contribution is 6.53. The SMILES string of the molecule is CCCNC(=O)C(C)OC(=O)C1(C)CC1(Cl)Cl. The van der Waals surface area contributed by atoms with E-state index < -0.39 is 21.8 Å². The van der Waals surface area contributed by atoms with Crippen LogP contribution in [0.25, 0.3) is 0 Å². The number of alkyl halides is 2. The molecule has 4 nitrogen and oxygen atoms in total. The van der Waals surface area contributed by atoms with Gasteiger partial charge < -0.3 is 10.1 Å². The molecule has 0 saturated heterocycles. The van der Waals surface area contributed by atoms with Crippen LogP contribution in [0.3, 0.4) is 0 Å². The van der Waals surface area contributed by atoms with E-state index in [1.165, 1.54) is 6.92 Å². The molecule has 0 aromatic rings. The molecule has 17 heavy (non-hydrogen) atoms. The van der Waals surface area contributed by atoms with Crippen molar-refractivity contribution in [1.29, 1.82) is 0 Å². The molecule has 1 amide bonds. The number of halogens is 2. The molecule has 6 heteroatoms. The molecule has 1 aliphatic rings. The van der Waals surface area contributed by atoms with Gasteiger partial charge in [0, 0.05) is 13.0 Å². The van der Waals surface area contributed by atoms with Crippen molar-refractivity contribution < 1.29 is 14.3 Å². The first kappa shape index (κ1) is 14.6. The quantitative estimate of drug-likeness (QED) is 0.620. The molecule has 0 aliphatic heterocycles. The third-order valence-corrected chi connectivity index (χ3v) is 4.01. The lowest BCUT2D eigenvalue weighted by Gasteiger charge is -2.16. The Morgan fingerprint density at radius 2 is 2.00 bits per heavy atom. The van der Waals surface area contributed by atoms with Crippen molar-refractivity contribution in [3.8, 4) is 0 Å². The van der Waals surface area contributed by atoms with Gasteiger partial charge in [-0.05, 0) is 20.3 Å². The summed E-state index contributed by atoms with van der Waals surface area (Å²) in [6.07, 6.45) is 0.359. The number of rotatable bonds is 5. The highest BCUT2D eigenvalue weighted by Crippen LogP contribution is 2.64. The summed E-state index contributed by atoms with van der Waals surface area (Å²) in [6.45, 7) is 5.66. The first-order valence-corrected chi connectivity index (χ1v) is 6.37. The largest absolute Gasteiger partial charge is 0.452 e. The zero-order valence-corrected chi connectivity index (χ0v) is 11.7. The van der Waals surface area contributed by atoms with Gasteiger partial charge in [-0.1, -0.05) is 6.92 Å². The second-order valence-corrected chi connectivity index (χ2v) is 6.04. The van der Waals surface area contributed by atoms with Gasteiger partial charge in [-0.3, -0.25) is 9.59 Å². The van der Waals surface area contributed by atoms with E-state index in [0.717, 1.165) is 6.42 Å². The lowest BCUT2D eigenvalue weighted by molar-refractivity contribution is -0.159. The average molecular weight is 282 g/mol. The van der Waals surface area contributed by atoms with E-state index in [2.05, 4.69) is 5.32 Å². The zero-order chi connectivity index (χ0) is 13.3. The molecule has 0 spiro atoms. The highest BCUT2D eigenvalue weighted by Gasteiger charge is 2.69. The second-order valence-electron chi connectivity index (χ2n) is 4.55. The first-order valence-electron chi connectivity index (χ1n) is 5.61. The predicted octanol–water partition coefficient (Wildman–Crippen LogP) is 2.03. The minimum absolute atomic E-state index is 0.306.